The zero-order chi connectivity index (χ0) is 20.0. The summed E-state index contributed by atoms with van der Waals surface area (Å²) in [4.78, 5) is 4.27. The van der Waals surface area contributed by atoms with E-state index in [1.807, 2.05) is 12.3 Å². The second kappa shape index (κ2) is 7.72. The molecule has 0 aromatic carbocycles. The van der Waals surface area contributed by atoms with Crippen molar-refractivity contribution < 1.29 is 0 Å². The Morgan fingerprint density at radius 1 is 1.03 bits per heavy atom. The van der Waals surface area contributed by atoms with Crippen molar-refractivity contribution in [3.05, 3.63) is 29.6 Å². The van der Waals surface area contributed by atoms with Crippen molar-refractivity contribution in [2.45, 2.75) is 84.5 Å². The lowest BCUT2D eigenvalue weighted by molar-refractivity contribution is -0.0677. The number of pyridine rings is 1. The number of hydrogen-bond acceptors (Lipinski definition) is 2. The largest absolute Gasteiger partial charge is 0.263 e. The van der Waals surface area contributed by atoms with Gasteiger partial charge in [0.15, 0.2) is 0 Å². The van der Waals surface area contributed by atoms with Gasteiger partial charge in [-0.15, -0.1) is 0 Å². The van der Waals surface area contributed by atoms with Gasteiger partial charge >= 0.3 is 0 Å². The quantitative estimate of drug-likeness (QED) is 0.569. The average Bonchev–Trinajstić information content (AvgIpc) is 3.08. The normalized spacial score (nSPS) is 43.7. The molecule has 1 aromatic rings. The Morgan fingerprint density at radius 2 is 1.90 bits per heavy atom. The third kappa shape index (κ3) is 3.43. The van der Waals surface area contributed by atoms with Crippen LogP contribution in [0.4, 0.5) is 0 Å². The number of rotatable bonds is 3. The van der Waals surface area contributed by atoms with Crippen LogP contribution in [0.25, 0.3) is 0 Å². The van der Waals surface area contributed by atoms with E-state index in [9.17, 15) is 0 Å². The highest BCUT2D eigenvalue weighted by molar-refractivity contribution is 5.29. The van der Waals surface area contributed by atoms with Gasteiger partial charge in [0.25, 0.3) is 0 Å². The van der Waals surface area contributed by atoms with E-state index in [1.54, 1.807) is 6.20 Å². The van der Waals surface area contributed by atoms with Gasteiger partial charge in [0.05, 0.1) is 5.56 Å². The molecule has 1 aromatic heterocycles. The lowest BCUT2D eigenvalue weighted by atomic mass is 9.49. The van der Waals surface area contributed by atoms with E-state index in [1.165, 1.54) is 69.8 Å². The molecule has 2 nitrogen and oxygen atoms in total. The van der Waals surface area contributed by atoms with Gasteiger partial charge in [-0.05, 0) is 123 Å². The highest BCUT2D eigenvalue weighted by Gasteiger charge is 2.56. The fourth-order valence-corrected chi connectivity index (χ4v) is 8.70. The van der Waals surface area contributed by atoms with Crippen LogP contribution in [0.2, 0.25) is 0 Å². The van der Waals surface area contributed by atoms with E-state index < -0.39 is 0 Å². The van der Waals surface area contributed by atoms with E-state index in [2.05, 4.69) is 24.9 Å². The third-order valence-electron chi connectivity index (χ3n) is 10.1. The molecular formula is C27H38N2. The monoisotopic (exact) mass is 390 g/mol. The Balaban J connectivity index is 1.27. The molecule has 29 heavy (non-hydrogen) atoms. The third-order valence-corrected chi connectivity index (χ3v) is 10.1. The van der Waals surface area contributed by atoms with E-state index in [-0.39, 0.29) is 0 Å². The summed E-state index contributed by atoms with van der Waals surface area (Å²) < 4.78 is 0. The minimum Gasteiger partial charge on any atom is -0.263 e. The van der Waals surface area contributed by atoms with Crippen LogP contribution in [0.3, 0.4) is 0 Å². The molecule has 156 valence electrons. The van der Waals surface area contributed by atoms with Crippen molar-refractivity contribution in [2.75, 3.05) is 0 Å². The van der Waals surface area contributed by atoms with Crippen molar-refractivity contribution in [2.24, 2.45) is 46.8 Å². The second-order valence-electron chi connectivity index (χ2n) is 11.4. The number of aryl methyl sites for hydroxylation is 1. The predicted molar refractivity (Wildman–Crippen MR) is 117 cm³/mol. The summed E-state index contributed by atoms with van der Waals surface area (Å²) >= 11 is 0. The summed E-state index contributed by atoms with van der Waals surface area (Å²) in [6, 6.07) is 4.29. The molecule has 0 aliphatic heterocycles. The van der Waals surface area contributed by atoms with Crippen LogP contribution in [0.5, 0.6) is 0 Å². The molecule has 4 fully saturated rings. The SMILES string of the molecule is CC1CCC2C(CCC3C2CCC2(C)C(CCc4cncc(C#N)c4)CCC32)C1. The lowest BCUT2D eigenvalue weighted by Crippen LogP contribution is -2.48. The van der Waals surface area contributed by atoms with Crippen LogP contribution in [-0.4, -0.2) is 4.98 Å². The smallest absolute Gasteiger partial charge is 0.101 e. The van der Waals surface area contributed by atoms with Gasteiger partial charge in [0.2, 0.25) is 0 Å². The molecule has 0 radical (unpaired) electrons. The number of aromatic nitrogens is 1. The molecule has 0 N–H and O–H groups in total. The van der Waals surface area contributed by atoms with E-state index in [4.69, 9.17) is 5.26 Å². The van der Waals surface area contributed by atoms with Gasteiger partial charge in [-0.1, -0.05) is 20.3 Å². The van der Waals surface area contributed by atoms with Gasteiger partial charge in [0.1, 0.15) is 6.07 Å². The molecule has 4 aliphatic carbocycles. The summed E-state index contributed by atoms with van der Waals surface area (Å²) in [5.41, 5.74) is 2.52. The van der Waals surface area contributed by atoms with Gasteiger partial charge in [-0.2, -0.15) is 5.26 Å². The first-order valence-corrected chi connectivity index (χ1v) is 12.4. The Hall–Kier alpha value is -1.36. The Morgan fingerprint density at radius 3 is 2.76 bits per heavy atom. The highest BCUT2D eigenvalue weighted by atomic mass is 14.6. The molecule has 0 bridgehead atoms. The van der Waals surface area contributed by atoms with Crippen LogP contribution in [0.15, 0.2) is 18.5 Å². The number of fused-ring (bicyclic) bond motifs is 5. The van der Waals surface area contributed by atoms with Crippen LogP contribution in [-0.2, 0) is 6.42 Å². The summed E-state index contributed by atoms with van der Waals surface area (Å²) in [6.07, 6.45) is 19.5. The molecular weight excluding hydrogens is 352 g/mol. The lowest BCUT2D eigenvalue weighted by Gasteiger charge is -2.56. The van der Waals surface area contributed by atoms with Crippen molar-refractivity contribution in [1.82, 2.24) is 4.98 Å². The standard InChI is InChI=1S/C27H38N2/c1-18-3-8-23-21(13-18)5-9-25-24(23)11-12-27(2)22(7-10-26(25)27)6-4-19-14-20(15-28)17-29-16-19/h14,16-18,21-26H,3-13H2,1-2H3. The molecule has 1 heterocycles. The maximum absolute atomic E-state index is 9.15. The maximum Gasteiger partial charge on any atom is 0.101 e. The fraction of sp³-hybridized carbons (Fsp3) is 0.778. The first kappa shape index (κ1) is 19.6. The van der Waals surface area contributed by atoms with Crippen LogP contribution < -0.4 is 0 Å². The minimum absolute atomic E-state index is 0.566. The molecule has 5 rings (SSSR count). The van der Waals surface area contributed by atoms with Gasteiger partial charge < -0.3 is 0 Å². The summed E-state index contributed by atoms with van der Waals surface area (Å²) in [6.45, 7) is 5.15. The summed E-state index contributed by atoms with van der Waals surface area (Å²) in [7, 11) is 0. The molecule has 4 saturated carbocycles. The maximum atomic E-state index is 9.15. The number of nitriles is 1. The Bertz CT molecular complexity index is 779. The Labute approximate surface area is 177 Å². The first-order valence-electron chi connectivity index (χ1n) is 12.4. The fourth-order valence-electron chi connectivity index (χ4n) is 8.70. The van der Waals surface area contributed by atoms with Crippen molar-refractivity contribution in [1.29, 1.82) is 5.26 Å². The molecule has 0 amide bonds. The van der Waals surface area contributed by atoms with Crippen LogP contribution >= 0.6 is 0 Å². The summed E-state index contributed by atoms with van der Waals surface area (Å²) in [5, 5.41) is 9.15. The average molecular weight is 391 g/mol. The molecule has 0 spiro atoms. The molecule has 0 saturated heterocycles. The second-order valence-corrected chi connectivity index (χ2v) is 11.4. The zero-order valence-corrected chi connectivity index (χ0v) is 18.4. The first-order chi connectivity index (χ1) is 14.1. The summed E-state index contributed by atoms with van der Waals surface area (Å²) in [5.74, 6) is 7.02. The van der Waals surface area contributed by atoms with Gasteiger partial charge in [-0.3, -0.25) is 4.98 Å². The van der Waals surface area contributed by atoms with E-state index in [0.29, 0.717) is 11.0 Å². The van der Waals surface area contributed by atoms with Crippen LogP contribution in [0.1, 0.15) is 89.2 Å². The molecule has 8 atom stereocenters. The minimum atomic E-state index is 0.566. The molecule has 2 heteroatoms. The van der Waals surface area contributed by atoms with Crippen molar-refractivity contribution in [3.8, 4) is 6.07 Å². The highest BCUT2D eigenvalue weighted by Crippen LogP contribution is 2.65. The van der Waals surface area contributed by atoms with Crippen LogP contribution in [0, 0.1) is 58.2 Å². The van der Waals surface area contributed by atoms with Crippen molar-refractivity contribution in [3.63, 3.8) is 0 Å². The topological polar surface area (TPSA) is 36.7 Å². The molecule has 4 aliphatic rings. The van der Waals surface area contributed by atoms with E-state index >= 15 is 0 Å². The van der Waals surface area contributed by atoms with Crippen molar-refractivity contribution >= 4 is 0 Å². The van der Waals surface area contributed by atoms with E-state index in [0.717, 1.165) is 47.8 Å². The zero-order valence-electron chi connectivity index (χ0n) is 18.4. The Kier molecular flexibility index (Phi) is 5.21. The number of hydrogen-bond donors (Lipinski definition) is 0. The molecule has 8 unspecified atom stereocenters. The van der Waals surface area contributed by atoms with Gasteiger partial charge in [0, 0.05) is 12.4 Å². The van der Waals surface area contributed by atoms with Gasteiger partial charge in [-0.25, -0.2) is 0 Å². The predicted octanol–water partition coefficient (Wildman–Crippen LogP) is 6.79. The number of nitrogens with zero attached hydrogens (tertiary/aromatic N) is 2.